The maximum atomic E-state index is 12.0. The highest BCUT2D eigenvalue weighted by molar-refractivity contribution is 6.33. The van der Waals surface area contributed by atoms with E-state index in [0.717, 1.165) is 25.3 Å². The zero-order valence-corrected chi connectivity index (χ0v) is 11.2. The summed E-state index contributed by atoms with van der Waals surface area (Å²) in [5.74, 6) is 0. The molecule has 0 amide bonds. The molecule has 1 N–H and O–H groups in total. The molecule has 1 aliphatic rings. The Bertz CT molecular complexity index is 495. The minimum atomic E-state index is -0.264. The highest BCUT2D eigenvalue weighted by Gasteiger charge is 2.26. The molecule has 0 spiro atoms. The van der Waals surface area contributed by atoms with E-state index in [4.69, 9.17) is 11.6 Å². The Morgan fingerprint density at radius 3 is 2.94 bits per heavy atom. The maximum absolute atomic E-state index is 12.0. The fraction of sp³-hybridized carbons (Fsp3) is 0.500. The largest absolute Gasteiger partial charge is 0.364 e. The van der Waals surface area contributed by atoms with Crippen molar-refractivity contribution in [1.29, 1.82) is 0 Å². The van der Waals surface area contributed by atoms with Crippen molar-refractivity contribution in [2.75, 3.05) is 24.5 Å². The first-order valence-corrected chi connectivity index (χ1v) is 6.40. The molecule has 1 aliphatic heterocycles. The number of likely N-dealkylation sites (N-methyl/N-ethyl adjacent to an activating group) is 1. The molecule has 5 nitrogen and oxygen atoms in total. The van der Waals surface area contributed by atoms with Crippen LogP contribution in [0, 0.1) is 0 Å². The van der Waals surface area contributed by atoms with Gasteiger partial charge >= 0.3 is 0 Å². The topological polar surface area (TPSA) is 50.2 Å². The van der Waals surface area contributed by atoms with Crippen molar-refractivity contribution < 1.29 is 0 Å². The molecule has 0 aromatic carbocycles. The Hall–Kier alpha value is -1.33. The smallest absolute Gasteiger partial charge is 0.287 e. The lowest BCUT2D eigenvalue weighted by atomic mass is 10.1. The number of aromatic nitrogens is 2. The standard InChI is InChI=1S/C12H17ClN4O/c1-3-5-17-12(18)11(13)10(8-15-17)16(4-2)9-6-14-7-9/h3,8-9,14H,1,4-7H2,2H3. The van der Waals surface area contributed by atoms with Gasteiger partial charge in [0.1, 0.15) is 5.02 Å². The first-order chi connectivity index (χ1) is 8.69. The number of nitrogens with one attached hydrogen (secondary N) is 1. The summed E-state index contributed by atoms with van der Waals surface area (Å²) in [7, 11) is 0. The SMILES string of the molecule is C=CCn1ncc(N(CC)C2CNC2)c(Cl)c1=O. The third-order valence-electron chi connectivity index (χ3n) is 3.12. The number of allylic oxidation sites excluding steroid dienone is 1. The van der Waals surface area contributed by atoms with Crippen molar-refractivity contribution in [3.8, 4) is 0 Å². The molecule has 18 heavy (non-hydrogen) atoms. The van der Waals surface area contributed by atoms with Crippen LogP contribution in [0.25, 0.3) is 0 Å². The van der Waals surface area contributed by atoms with Gasteiger partial charge < -0.3 is 10.2 Å². The van der Waals surface area contributed by atoms with Gasteiger partial charge in [-0.3, -0.25) is 4.79 Å². The van der Waals surface area contributed by atoms with Crippen molar-refractivity contribution in [2.45, 2.75) is 19.5 Å². The van der Waals surface area contributed by atoms with Gasteiger partial charge in [0.25, 0.3) is 5.56 Å². The van der Waals surface area contributed by atoms with Crippen molar-refractivity contribution in [2.24, 2.45) is 0 Å². The number of rotatable bonds is 5. The van der Waals surface area contributed by atoms with E-state index in [1.165, 1.54) is 4.68 Å². The van der Waals surface area contributed by atoms with Crippen LogP contribution in [0.15, 0.2) is 23.6 Å². The van der Waals surface area contributed by atoms with Crippen LogP contribution in [0.3, 0.4) is 0 Å². The monoisotopic (exact) mass is 268 g/mol. The van der Waals surface area contributed by atoms with Crippen LogP contribution in [0.4, 0.5) is 5.69 Å². The molecule has 0 aliphatic carbocycles. The molecule has 1 aromatic heterocycles. The van der Waals surface area contributed by atoms with Crippen LogP contribution in [-0.2, 0) is 6.54 Å². The fourth-order valence-electron chi connectivity index (χ4n) is 2.03. The zero-order chi connectivity index (χ0) is 13.1. The predicted octanol–water partition coefficient (Wildman–Crippen LogP) is 0.881. The van der Waals surface area contributed by atoms with Gasteiger partial charge in [0.2, 0.25) is 0 Å². The van der Waals surface area contributed by atoms with Gasteiger partial charge in [-0.1, -0.05) is 17.7 Å². The summed E-state index contributed by atoms with van der Waals surface area (Å²) in [6, 6.07) is 0.393. The molecular weight excluding hydrogens is 252 g/mol. The van der Waals surface area contributed by atoms with Gasteiger partial charge in [-0.15, -0.1) is 6.58 Å². The van der Waals surface area contributed by atoms with E-state index in [1.807, 2.05) is 6.92 Å². The summed E-state index contributed by atoms with van der Waals surface area (Å²) in [4.78, 5) is 14.1. The highest BCUT2D eigenvalue weighted by atomic mass is 35.5. The lowest BCUT2D eigenvalue weighted by Gasteiger charge is -2.39. The lowest BCUT2D eigenvalue weighted by Crippen LogP contribution is -2.57. The molecule has 0 bridgehead atoms. The number of anilines is 1. The van der Waals surface area contributed by atoms with Crippen molar-refractivity contribution in [3.05, 3.63) is 34.2 Å². The molecule has 2 rings (SSSR count). The number of halogens is 1. The van der Waals surface area contributed by atoms with Gasteiger partial charge in [0, 0.05) is 19.6 Å². The molecule has 2 heterocycles. The Morgan fingerprint density at radius 1 is 1.72 bits per heavy atom. The van der Waals surface area contributed by atoms with Crippen molar-refractivity contribution in [1.82, 2.24) is 15.1 Å². The molecule has 0 unspecified atom stereocenters. The maximum Gasteiger partial charge on any atom is 0.287 e. The summed E-state index contributed by atoms with van der Waals surface area (Å²) < 4.78 is 1.31. The predicted molar refractivity (Wildman–Crippen MR) is 73.4 cm³/mol. The fourth-order valence-corrected chi connectivity index (χ4v) is 2.28. The highest BCUT2D eigenvalue weighted by Crippen LogP contribution is 2.24. The first-order valence-electron chi connectivity index (χ1n) is 6.03. The third-order valence-corrected chi connectivity index (χ3v) is 3.47. The molecule has 6 heteroatoms. The minimum absolute atomic E-state index is 0.237. The third kappa shape index (κ3) is 2.28. The van der Waals surface area contributed by atoms with Gasteiger partial charge in [-0.25, -0.2) is 4.68 Å². The number of hydrogen-bond acceptors (Lipinski definition) is 4. The minimum Gasteiger partial charge on any atom is -0.364 e. The average Bonchev–Trinajstić information content (AvgIpc) is 2.31. The zero-order valence-electron chi connectivity index (χ0n) is 10.4. The summed E-state index contributed by atoms with van der Waals surface area (Å²) >= 11 is 6.16. The molecular formula is C12H17ClN4O. The van der Waals surface area contributed by atoms with E-state index < -0.39 is 0 Å². The second-order valence-electron chi connectivity index (χ2n) is 4.22. The number of hydrogen-bond donors (Lipinski definition) is 1. The van der Waals surface area contributed by atoms with Crippen LogP contribution in [0.5, 0.6) is 0 Å². The summed E-state index contributed by atoms with van der Waals surface area (Å²) in [5.41, 5.74) is 0.454. The van der Waals surface area contributed by atoms with E-state index >= 15 is 0 Å². The molecule has 0 radical (unpaired) electrons. The Balaban J connectivity index is 2.35. The van der Waals surface area contributed by atoms with E-state index in [0.29, 0.717) is 12.6 Å². The van der Waals surface area contributed by atoms with Gasteiger partial charge in [-0.2, -0.15) is 5.10 Å². The van der Waals surface area contributed by atoms with Crippen LogP contribution in [0.1, 0.15) is 6.92 Å². The Labute approximate surface area is 111 Å². The van der Waals surface area contributed by atoms with Gasteiger partial charge in [0.05, 0.1) is 24.5 Å². The van der Waals surface area contributed by atoms with Crippen LogP contribution in [-0.4, -0.2) is 35.5 Å². The molecule has 1 saturated heterocycles. The van der Waals surface area contributed by atoms with E-state index in [-0.39, 0.29) is 10.6 Å². The second kappa shape index (κ2) is 5.54. The summed E-state index contributed by atoms with van der Waals surface area (Å²) in [6.45, 7) is 8.64. The Kier molecular flexibility index (Phi) is 4.04. The van der Waals surface area contributed by atoms with E-state index in [2.05, 4.69) is 21.9 Å². The van der Waals surface area contributed by atoms with Gasteiger partial charge in [0.15, 0.2) is 0 Å². The lowest BCUT2D eigenvalue weighted by molar-refractivity contribution is 0.416. The first kappa shape index (κ1) is 13.1. The molecule has 1 aromatic rings. The van der Waals surface area contributed by atoms with E-state index in [9.17, 15) is 4.79 Å². The van der Waals surface area contributed by atoms with Gasteiger partial charge in [-0.05, 0) is 6.92 Å². The van der Waals surface area contributed by atoms with E-state index in [1.54, 1.807) is 12.3 Å². The average molecular weight is 269 g/mol. The Morgan fingerprint density at radius 2 is 2.44 bits per heavy atom. The molecule has 0 saturated carbocycles. The molecule has 98 valence electrons. The molecule has 0 atom stereocenters. The normalized spacial score (nSPS) is 15.2. The van der Waals surface area contributed by atoms with Crippen molar-refractivity contribution in [3.63, 3.8) is 0 Å². The summed E-state index contributed by atoms with van der Waals surface area (Å²) in [5, 5.41) is 7.57. The molecule has 1 fully saturated rings. The summed E-state index contributed by atoms with van der Waals surface area (Å²) in [6.07, 6.45) is 3.28. The van der Waals surface area contributed by atoms with Crippen molar-refractivity contribution >= 4 is 17.3 Å². The number of nitrogens with zero attached hydrogens (tertiary/aromatic N) is 3. The second-order valence-corrected chi connectivity index (χ2v) is 4.60. The van der Waals surface area contributed by atoms with Crippen LogP contribution < -0.4 is 15.8 Å². The van der Waals surface area contributed by atoms with Crippen LogP contribution in [0.2, 0.25) is 5.02 Å². The van der Waals surface area contributed by atoms with Crippen LogP contribution >= 0.6 is 11.6 Å². The quantitative estimate of drug-likeness (QED) is 0.806.